The molecule has 0 saturated heterocycles. The van der Waals surface area contributed by atoms with Gasteiger partial charge in [0.25, 0.3) is 10.0 Å². The van der Waals surface area contributed by atoms with Gasteiger partial charge in [0.2, 0.25) is 0 Å². The lowest BCUT2D eigenvalue weighted by Gasteiger charge is -2.13. The topological polar surface area (TPSA) is 72.2 Å². The fourth-order valence-corrected chi connectivity index (χ4v) is 4.00. The summed E-state index contributed by atoms with van der Waals surface area (Å²) < 4.78 is 27.5. The second-order valence-electron chi connectivity index (χ2n) is 4.22. The van der Waals surface area contributed by atoms with Gasteiger partial charge >= 0.3 is 0 Å². The van der Waals surface area contributed by atoms with E-state index in [0.717, 1.165) is 10.6 Å². The van der Waals surface area contributed by atoms with Crippen molar-refractivity contribution in [3.8, 4) is 0 Å². The summed E-state index contributed by atoms with van der Waals surface area (Å²) in [7, 11) is -3.75. The summed E-state index contributed by atoms with van der Waals surface area (Å²) in [5.74, 6) is 0.849. The molecule has 21 heavy (non-hydrogen) atoms. The molecule has 2 aromatic carbocycles. The van der Waals surface area contributed by atoms with E-state index in [4.69, 9.17) is 17.3 Å². The molecule has 0 unspecified atom stereocenters. The Kier molecular flexibility index (Phi) is 5.03. The highest BCUT2D eigenvalue weighted by Crippen LogP contribution is 2.30. The number of nitrogen functional groups attached to an aromatic ring is 1. The molecule has 3 N–H and O–H groups in total. The minimum Gasteiger partial charge on any atom is -0.398 e. The third-order valence-electron chi connectivity index (χ3n) is 2.69. The van der Waals surface area contributed by atoms with Crippen molar-refractivity contribution in [3.63, 3.8) is 0 Å². The van der Waals surface area contributed by atoms with E-state index in [9.17, 15) is 8.42 Å². The van der Waals surface area contributed by atoms with E-state index in [2.05, 4.69) is 4.72 Å². The van der Waals surface area contributed by atoms with Gasteiger partial charge in [0.05, 0.1) is 11.4 Å². The molecule has 0 saturated carbocycles. The van der Waals surface area contributed by atoms with Gasteiger partial charge < -0.3 is 5.73 Å². The van der Waals surface area contributed by atoms with Crippen molar-refractivity contribution in [1.82, 2.24) is 0 Å². The van der Waals surface area contributed by atoms with Gasteiger partial charge in [-0.15, -0.1) is 11.8 Å². The molecule has 2 aromatic rings. The smallest absolute Gasteiger partial charge is 0.263 e. The second-order valence-corrected chi connectivity index (χ2v) is 7.61. The van der Waals surface area contributed by atoms with Crippen LogP contribution in [0.1, 0.15) is 6.92 Å². The number of benzene rings is 2. The minimum atomic E-state index is -3.75. The Morgan fingerprint density at radius 3 is 2.62 bits per heavy atom. The average molecular weight is 343 g/mol. The molecule has 0 aromatic heterocycles. The van der Waals surface area contributed by atoms with Crippen molar-refractivity contribution in [2.45, 2.75) is 16.7 Å². The molecule has 0 aliphatic carbocycles. The molecule has 0 aliphatic rings. The van der Waals surface area contributed by atoms with E-state index in [-0.39, 0.29) is 10.6 Å². The maximum atomic E-state index is 12.4. The van der Waals surface area contributed by atoms with Crippen LogP contribution in [0, 0.1) is 0 Å². The molecular weight excluding hydrogens is 328 g/mol. The molecule has 0 aliphatic heterocycles. The normalized spacial score (nSPS) is 11.3. The number of hydrogen-bond acceptors (Lipinski definition) is 4. The fraction of sp³-hybridized carbons (Fsp3) is 0.143. The van der Waals surface area contributed by atoms with Crippen molar-refractivity contribution in [2.24, 2.45) is 0 Å². The Labute approximate surface area is 133 Å². The van der Waals surface area contributed by atoms with Crippen LogP contribution in [0.15, 0.2) is 52.3 Å². The van der Waals surface area contributed by atoms with Crippen LogP contribution in [-0.4, -0.2) is 14.2 Å². The molecule has 0 amide bonds. The molecule has 0 spiro atoms. The number of thioether (sulfide) groups is 1. The van der Waals surface area contributed by atoms with Crippen LogP contribution in [-0.2, 0) is 10.0 Å². The molecular formula is C14H15ClN2O2S2. The highest BCUT2D eigenvalue weighted by atomic mass is 35.5. The van der Waals surface area contributed by atoms with Crippen LogP contribution in [0.2, 0.25) is 5.02 Å². The van der Waals surface area contributed by atoms with E-state index in [1.54, 1.807) is 23.9 Å². The Bertz CT molecular complexity index is 748. The van der Waals surface area contributed by atoms with Gasteiger partial charge in [0, 0.05) is 9.92 Å². The van der Waals surface area contributed by atoms with Gasteiger partial charge in [-0.2, -0.15) is 0 Å². The first-order valence-corrected chi connectivity index (χ1v) is 9.08. The number of halogens is 1. The highest BCUT2D eigenvalue weighted by molar-refractivity contribution is 7.99. The molecule has 4 nitrogen and oxygen atoms in total. The van der Waals surface area contributed by atoms with Crippen LogP contribution >= 0.6 is 23.4 Å². The third kappa shape index (κ3) is 3.84. The van der Waals surface area contributed by atoms with Crippen LogP contribution in [0.5, 0.6) is 0 Å². The van der Waals surface area contributed by atoms with Crippen molar-refractivity contribution < 1.29 is 8.42 Å². The molecule has 0 fully saturated rings. The van der Waals surface area contributed by atoms with Crippen molar-refractivity contribution in [1.29, 1.82) is 0 Å². The Morgan fingerprint density at radius 2 is 1.95 bits per heavy atom. The van der Waals surface area contributed by atoms with E-state index in [1.807, 2.05) is 19.1 Å². The lowest BCUT2D eigenvalue weighted by molar-refractivity contribution is 0.601. The SMILES string of the molecule is CCSc1ccccc1NS(=O)(=O)c1ccc(Cl)cc1N. The number of anilines is 2. The van der Waals surface area contributed by atoms with Gasteiger partial charge in [-0.25, -0.2) is 8.42 Å². The van der Waals surface area contributed by atoms with E-state index in [1.165, 1.54) is 18.2 Å². The lowest BCUT2D eigenvalue weighted by atomic mass is 10.3. The van der Waals surface area contributed by atoms with Gasteiger partial charge in [-0.3, -0.25) is 4.72 Å². The van der Waals surface area contributed by atoms with Crippen molar-refractivity contribution in [2.75, 3.05) is 16.2 Å². The zero-order valence-electron chi connectivity index (χ0n) is 11.3. The van der Waals surface area contributed by atoms with Gasteiger partial charge in [0.1, 0.15) is 4.90 Å². The lowest BCUT2D eigenvalue weighted by Crippen LogP contribution is -2.15. The maximum Gasteiger partial charge on any atom is 0.263 e. The van der Waals surface area contributed by atoms with Crippen LogP contribution in [0.3, 0.4) is 0 Å². The molecule has 7 heteroatoms. The molecule has 0 heterocycles. The summed E-state index contributed by atoms with van der Waals surface area (Å²) >= 11 is 7.36. The summed E-state index contributed by atoms with van der Waals surface area (Å²) in [6, 6.07) is 11.6. The first-order valence-electron chi connectivity index (χ1n) is 6.23. The Hall–Kier alpha value is -1.37. The third-order valence-corrected chi connectivity index (χ3v) is 5.32. The Morgan fingerprint density at radius 1 is 1.24 bits per heavy atom. The van der Waals surface area contributed by atoms with Crippen LogP contribution in [0.4, 0.5) is 11.4 Å². The highest BCUT2D eigenvalue weighted by Gasteiger charge is 2.19. The predicted octanol–water partition coefficient (Wildman–Crippen LogP) is 3.84. The summed E-state index contributed by atoms with van der Waals surface area (Å²) in [5, 5.41) is 0.397. The van der Waals surface area contributed by atoms with E-state index in [0.29, 0.717) is 10.7 Å². The van der Waals surface area contributed by atoms with Crippen molar-refractivity contribution >= 4 is 44.8 Å². The summed E-state index contributed by atoms with van der Waals surface area (Å²) in [4.78, 5) is 0.888. The summed E-state index contributed by atoms with van der Waals surface area (Å²) in [6.07, 6.45) is 0. The van der Waals surface area contributed by atoms with Crippen LogP contribution < -0.4 is 10.5 Å². The summed E-state index contributed by atoms with van der Waals surface area (Å²) in [6.45, 7) is 2.01. The quantitative estimate of drug-likeness (QED) is 0.639. The minimum absolute atomic E-state index is 0.0169. The molecule has 0 atom stereocenters. The zero-order chi connectivity index (χ0) is 15.5. The largest absolute Gasteiger partial charge is 0.398 e. The standard InChI is InChI=1S/C14H15ClN2O2S2/c1-2-20-13-6-4-3-5-12(13)17-21(18,19)14-8-7-10(15)9-11(14)16/h3-9,17H,2,16H2,1H3. The second kappa shape index (κ2) is 6.60. The number of hydrogen-bond donors (Lipinski definition) is 2. The average Bonchev–Trinajstić information content (AvgIpc) is 2.40. The monoisotopic (exact) mass is 342 g/mol. The first kappa shape index (κ1) is 16.0. The van der Waals surface area contributed by atoms with Gasteiger partial charge in [0.15, 0.2) is 0 Å². The zero-order valence-corrected chi connectivity index (χ0v) is 13.7. The summed E-state index contributed by atoms with van der Waals surface area (Å²) in [5.41, 5.74) is 6.41. The number of nitrogens with two attached hydrogens (primary N) is 1. The molecule has 0 bridgehead atoms. The Balaban J connectivity index is 2.38. The fourth-order valence-electron chi connectivity index (χ4n) is 1.80. The first-order chi connectivity index (χ1) is 9.94. The number of sulfonamides is 1. The molecule has 112 valence electrons. The number of rotatable bonds is 5. The van der Waals surface area contributed by atoms with Gasteiger partial charge in [-0.1, -0.05) is 30.7 Å². The number of nitrogens with one attached hydrogen (secondary N) is 1. The van der Waals surface area contributed by atoms with E-state index < -0.39 is 10.0 Å². The van der Waals surface area contributed by atoms with E-state index >= 15 is 0 Å². The predicted molar refractivity (Wildman–Crippen MR) is 89.5 cm³/mol. The van der Waals surface area contributed by atoms with Crippen LogP contribution in [0.25, 0.3) is 0 Å². The van der Waals surface area contributed by atoms with Crippen molar-refractivity contribution in [3.05, 3.63) is 47.5 Å². The molecule has 0 radical (unpaired) electrons. The maximum absolute atomic E-state index is 12.4. The van der Waals surface area contributed by atoms with Gasteiger partial charge in [-0.05, 0) is 36.1 Å². The molecule has 2 rings (SSSR count). The number of para-hydroxylation sites is 1.